The van der Waals surface area contributed by atoms with Gasteiger partial charge in [-0.2, -0.15) is 0 Å². The summed E-state index contributed by atoms with van der Waals surface area (Å²) in [7, 11) is 0. The molecule has 1 aliphatic rings. The summed E-state index contributed by atoms with van der Waals surface area (Å²) in [5.41, 5.74) is 1.37. The van der Waals surface area contributed by atoms with Crippen molar-refractivity contribution in [2.45, 2.75) is 19.4 Å². The first kappa shape index (κ1) is 17.6. The van der Waals surface area contributed by atoms with E-state index in [1.54, 1.807) is 25.1 Å². The lowest BCUT2D eigenvalue weighted by atomic mass is 9.82. The predicted molar refractivity (Wildman–Crippen MR) is 85.4 cm³/mol. The third-order valence-corrected chi connectivity index (χ3v) is 4.24. The second-order valence-electron chi connectivity index (χ2n) is 5.83. The van der Waals surface area contributed by atoms with E-state index < -0.39 is 28.8 Å². The van der Waals surface area contributed by atoms with Crippen molar-refractivity contribution in [2.75, 3.05) is 6.54 Å². The van der Waals surface area contributed by atoms with Crippen LogP contribution in [0.3, 0.4) is 0 Å². The first-order chi connectivity index (χ1) is 11.3. The molecule has 0 spiro atoms. The first-order valence-electron chi connectivity index (χ1n) is 7.40. The second kappa shape index (κ2) is 7.22. The summed E-state index contributed by atoms with van der Waals surface area (Å²) < 4.78 is 0. The van der Waals surface area contributed by atoms with Gasteiger partial charge in [-0.05, 0) is 18.4 Å². The maximum atomic E-state index is 11.3. The molecule has 3 atom stereocenters. The van der Waals surface area contributed by atoms with Gasteiger partial charge in [0.25, 0.3) is 5.69 Å². The zero-order valence-corrected chi connectivity index (χ0v) is 13.0. The van der Waals surface area contributed by atoms with E-state index in [-0.39, 0.29) is 18.0 Å². The van der Waals surface area contributed by atoms with Gasteiger partial charge in [-0.15, -0.1) is 0 Å². The standard InChI is InChI=1S/C16H18N2O6/c1-9(5-10-3-2-4-11(6-10)18(23)24)13-8-17-15(16(21)22)12(13)7-14(19)20/h2-6,12-13,15,17H,7-8H2,1H3,(H,19,20)(H,21,22)/b9-5+/t12?,13?,15-/m0/s1. The highest BCUT2D eigenvalue weighted by Gasteiger charge is 2.41. The van der Waals surface area contributed by atoms with Crippen LogP contribution in [0.4, 0.5) is 5.69 Å². The number of carbonyl (C=O) groups is 2. The average Bonchev–Trinajstić information content (AvgIpc) is 2.90. The molecular weight excluding hydrogens is 316 g/mol. The van der Waals surface area contributed by atoms with Crippen molar-refractivity contribution in [3.05, 3.63) is 45.5 Å². The number of rotatable bonds is 6. The fraction of sp³-hybridized carbons (Fsp3) is 0.375. The fourth-order valence-corrected chi connectivity index (χ4v) is 3.12. The van der Waals surface area contributed by atoms with E-state index in [1.807, 2.05) is 0 Å². The normalized spacial score (nSPS) is 23.9. The first-order valence-corrected chi connectivity index (χ1v) is 7.40. The fourth-order valence-electron chi connectivity index (χ4n) is 3.12. The van der Waals surface area contributed by atoms with Crippen molar-refractivity contribution in [1.29, 1.82) is 0 Å². The van der Waals surface area contributed by atoms with Crippen LogP contribution in [0.1, 0.15) is 18.9 Å². The van der Waals surface area contributed by atoms with Gasteiger partial charge in [0.15, 0.2) is 0 Å². The molecule has 0 aromatic heterocycles. The highest BCUT2D eigenvalue weighted by molar-refractivity contribution is 5.77. The lowest BCUT2D eigenvalue weighted by Gasteiger charge is -2.20. The van der Waals surface area contributed by atoms with Gasteiger partial charge in [-0.1, -0.05) is 23.8 Å². The molecule has 0 bridgehead atoms. The smallest absolute Gasteiger partial charge is 0.321 e. The van der Waals surface area contributed by atoms with E-state index in [1.165, 1.54) is 12.1 Å². The molecule has 8 heteroatoms. The molecule has 24 heavy (non-hydrogen) atoms. The Bertz CT molecular complexity index is 700. The van der Waals surface area contributed by atoms with E-state index in [4.69, 9.17) is 5.11 Å². The summed E-state index contributed by atoms with van der Waals surface area (Å²) in [6.45, 7) is 2.14. The summed E-state index contributed by atoms with van der Waals surface area (Å²) in [6.07, 6.45) is 1.48. The Morgan fingerprint density at radius 1 is 1.42 bits per heavy atom. The van der Waals surface area contributed by atoms with Gasteiger partial charge in [0.1, 0.15) is 6.04 Å². The van der Waals surface area contributed by atoms with Crippen LogP contribution in [0.5, 0.6) is 0 Å². The number of nitrogens with one attached hydrogen (secondary N) is 1. The molecule has 1 fully saturated rings. The molecule has 3 N–H and O–H groups in total. The minimum Gasteiger partial charge on any atom is -0.481 e. The predicted octanol–water partition coefficient (Wildman–Crippen LogP) is 1.76. The number of non-ortho nitro benzene ring substituents is 1. The summed E-state index contributed by atoms with van der Waals surface area (Å²) >= 11 is 0. The number of carboxylic acids is 2. The van der Waals surface area contributed by atoms with Crippen molar-refractivity contribution in [3.63, 3.8) is 0 Å². The Balaban J connectivity index is 2.27. The number of hydrogen-bond acceptors (Lipinski definition) is 5. The van der Waals surface area contributed by atoms with Crippen LogP contribution in [-0.2, 0) is 9.59 Å². The zero-order valence-electron chi connectivity index (χ0n) is 13.0. The van der Waals surface area contributed by atoms with Crippen LogP contribution in [0.2, 0.25) is 0 Å². The third kappa shape index (κ3) is 3.96. The highest BCUT2D eigenvalue weighted by atomic mass is 16.6. The lowest BCUT2D eigenvalue weighted by Crippen LogP contribution is -2.36. The Labute approximate surface area is 137 Å². The molecule has 128 valence electrons. The van der Waals surface area contributed by atoms with Crippen LogP contribution in [0.25, 0.3) is 6.08 Å². The minimum atomic E-state index is -1.08. The summed E-state index contributed by atoms with van der Waals surface area (Å²) in [5, 5.41) is 32.0. The average molecular weight is 334 g/mol. The van der Waals surface area contributed by atoms with Crippen molar-refractivity contribution < 1.29 is 24.7 Å². The largest absolute Gasteiger partial charge is 0.481 e. The van der Waals surface area contributed by atoms with Gasteiger partial charge in [0.05, 0.1) is 11.3 Å². The van der Waals surface area contributed by atoms with E-state index in [0.717, 1.165) is 5.57 Å². The SMILES string of the molecule is C/C(=C\c1cccc([N+](=O)[O-])c1)C1CN[C@H](C(=O)O)C1CC(=O)O. The highest BCUT2D eigenvalue weighted by Crippen LogP contribution is 2.33. The molecule has 2 unspecified atom stereocenters. The molecule has 0 amide bonds. The van der Waals surface area contributed by atoms with Crippen LogP contribution in [0.15, 0.2) is 29.8 Å². The number of nitro groups is 1. The number of nitro benzene ring substituents is 1. The number of benzene rings is 1. The van der Waals surface area contributed by atoms with Gasteiger partial charge in [0.2, 0.25) is 0 Å². The monoisotopic (exact) mass is 334 g/mol. The maximum Gasteiger partial charge on any atom is 0.321 e. The molecule has 1 aromatic rings. The molecule has 0 radical (unpaired) electrons. The second-order valence-corrected chi connectivity index (χ2v) is 5.83. The van der Waals surface area contributed by atoms with Gasteiger partial charge in [0, 0.05) is 24.6 Å². The molecule has 0 saturated carbocycles. The molecule has 1 saturated heterocycles. The molecule has 0 aliphatic carbocycles. The molecule has 1 aliphatic heterocycles. The van der Waals surface area contributed by atoms with Crippen molar-refractivity contribution in [1.82, 2.24) is 5.32 Å². The minimum absolute atomic E-state index is 0.0356. The van der Waals surface area contributed by atoms with E-state index >= 15 is 0 Å². The van der Waals surface area contributed by atoms with Gasteiger partial charge in [-0.3, -0.25) is 19.7 Å². The number of nitrogens with zero attached hydrogens (tertiary/aromatic N) is 1. The van der Waals surface area contributed by atoms with Crippen molar-refractivity contribution in [2.24, 2.45) is 11.8 Å². The Hall–Kier alpha value is -2.74. The van der Waals surface area contributed by atoms with Crippen LogP contribution >= 0.6 is 0 Å². The van der Waals surface area contributed by atoms with E-state index in [0.29, 0.717) is 12.1 Å². The third-order valence-electron chi connectivity index (χ3n) is 4.24. The van der Waals surface area contributed by atoms with Crippen molar-refractivity contribution >= 4 is 23.7 Å². The Morgan fingerprint density at radius 3 is 2.71 bits per heavy atom. The zero-order chi connectivity index (χ0) is 17.9. The van der Waals surface area contributed by atoms with Gasteiger partial charge >= 0.3 is 11.9 Å². The topological polar surface area (TPSA) is 130 Å². The molecule has 1 aromatic carbocycles. The van der Waals surface area contributed by atoms with Gasteiger partial charge < -0.3 is 15.5 Å². The quantitative estimate of drug-likeness (QED) is 0.534. The summed E-state index contributed by atoms with van der Waals surface area (Å²) in [4.78, 5) is 32.7. The Kier molecular flexibility index (Phi) is 5.30. The molecule has 1 heterocycles. The Morgan fingerprint density at radius 2 is 2.12 bits per heavy atom. The van der Waals surface area contributed by atoms with Gasteiger partial charge in [-0.25, -0.2) is 0 Å². The van der Waals surface area contributed by atoms with E-state index in [9.17, 15) is 24.8 Å². The maximum absolute atomic E-state index is 11.3. The lowest BCUT2D eigenvalue weighted by molar-refractivity contribution is -0.384. The number of hydrogen-bond donors (Lipinski definition) is 3. The van der Waals surface area contributed by atoms with Crippen molar-refractivity contribution in [3.8, 4) is 0 Å². The van der Waals surface area contributed by atoms with E-state index in [2.05, 4.69) is 5.32 Å². The van der Waals surface area contributed by atoms with Crippen LogP contribution in [-0.4, -0.2) is 39.7 Å². The molecular formula is C16H18N2O6. The molecule has 8 nitrogen and oxygen atoms in total. The van der Waals surface area contributed by atoms with Crippen LogP contribution < -0.4 is 5.32 Å². The molecule has 2 rings (SSSR count). The summed E-state index contributed by atoms with van der Waals surface area (Å²) in [5.74, 6) is -2.97. The van der Waals surface area contributed by atoms with Crippen LogP contribution in [0, 0.1) is 22.0 Å². The summed E-state index contributed by atoms with van der Waals surface area (Å²) in [6, 6.07) is 5.17. The number of aliphatic carboxylic acids is 2. The number of carboxylic acid groups (broad SMARTS) is 2.